The van der Waals surface area contributed by atoms with Gasteiger partial charge in [-0.3, -0.25) is 9.59 Å². The molecule has 0 saturated heterocycles. The Balaban J connectivity index is 0. The molecule has 0 saturated carbocycles. The largest absolute Gasteiger partial charge is 0.481 e. The molecule has 0 fully saturated rings. The molecule has 0 aromatic rings. The fraction of sp³-hybridized carbons (Fsp3) is 0.857. The summed E-state index contributed by atoms with van der Waals surface area (Å²) in [7, 11) is 1.42. The number of carboxylic acid groups (broad SMARTS) is 1. The number of methoxy groups -OCH3 is 1. The van der Waals surface area contributed by atoms with Gasteiger partial charge in [-0.2, -0.15) is 0 Å². The predicted molar refractivity (Wildman–Crippen MR) is 88.7 cm³/mol. The van der Waals surface area contributed by atoms with Gasteiger partial charge >= 0.3 is 11.9 Å². The van der Waals surface area contributed by atoms with Crippen LogP contribution in [0, 0.1) is 5.92 Å². The molecule has 0 aliphatic carbocycles. The number of aliphatic carboxylic acids is 1. The van der Waals surface area contributed by atoms with E-state index in [1.54, 1.807) is 6.92 Å². The molecule has 0 aliphatic heterocycles. The zero-order valence-corrected chi connectivity index (χ0v) is 15.5. The minimum Gasteiger partial charge on any atom is -0.481 e. The fourth-order valence-corrected chi connectivity index (χ4v) is 2.10. The van der Waals surface area contributed by atoms with Crippen LogP contribution in [0.3, 0.4) is 0 Å². The maximum atomic E-state index is 10.5. The van der Waals surface area contributed by atoms with E-state index in [1.807, 2.05) is 0 Å². The SMILES string of the molecule is CC(CCCCBr)C(=O)O.COC(=O)CCCCCBr. The lowest BCUT2D eigenvalue weighted by atomic mass is 10.1. The second-order valence-electron chi connectivity index (χ2n) is 4.50. The van der Waals surface area contributed by atoms with E-state index in [-0.39, 0.29) is 11.9 Å². The summed E-state index contributed by atoms with van der Waals surface area (Å²) < 4.78 is 4.48. The highest BCUT2D eigenvalue weighted by molar-refractivity contribution is 9.09. The summed E-state index contributed by atoms with van der Waals surface area (Å²) in [6.07, 6.45) is 6.59. The molecule has 0 spiro atoms. The molecule has 0 aromatic heterocycles. The summed E-state index contributed by atoms with van der Waals surface area (Å²) in [6, 6.07) is 0. The molecule has 0 aromatic carbocycles. The summed E-state index contributed by atoms with van der Waals surface area (Å²) in [5.74, 6) is -0.969. The van der Waals surface area contributed by atoms with Crippen molar-refractivity contribution in [2.24, 2.45) is 5.92 Å². The molecule has 6 heteroatoms. The number of carboxylic acids is 1. The molecule has 1 unspecified atom stereocenters. The van der Waals surface area contributed by atoms with E-state index in [1.165, 1.54) is 7.11 Å². The molecule has 1 N–H and O–H groups in total. The number of carbonyl (C=O) groups is 2. The highest BCUT2D eigenvalue weighted by Crippen LogP contribution is 2.08. The van der Waals surface area contributed by atoms with Gasteiger partial charge in [0.25, 0.3) is 0 Å². The Labute approximate surface area is 138 Å². The molecule has 20 heavy (non-hydrogen) atoms. The first kappa shape index (κ1) is 22.2. The third kappa shape index (κ3) is 17.9. The molecule has 0 bridgehead atoms. The van der Waals surface area contributed by atoms with Crippen LogP contribution in [0.5, 0.6) is 0 Å². The van der Waals surface area contributed by atoms with E-state index < -0.39 is 5.97 Å². The van der Waals surface area contributed by atoms with E-state index in [2.05, 4.69) is 36.6 Å². The van der Waals surface area contributed by atoms with Crippen molar-refractivity contribution < 1.29 is 19.4 Å². The van der Waals surface area contributed by atoms with Gasteiger partial charge in [-0.15, -0.1) is 0 Å². The van der Waals surface area contributed by atoms with Gasteiger partial charge in [-0.25, -0.2) is 0 Å². The molecule has 0 radical (unpaired) electrons. The number of hydrogen-bond donors (Lipinski definition) is 1. The van der Waals surface area contributed by atoms with Crippen molar-refractivity contribution in [3.63, 3.8) is 0 Å². The third-order valence-electron chi connectivity index (χ3n) is 2.68. The zero-order valence-electron chi connectivity index (χ0n) is 12.4. The molecule has 1 atom stereocenters. The number of unbranched alkanes of at least 4 members (excludes halogenated alkanes) is 3. The van der Waals surface area contributed by atoms with Crippen molar-refractivity contribution in [1.82, 2.24) is 0 Å². The summed E-state index contributed by atoms with van der Waals surface area (Å²) in [6.45, 7) is 1.75. The maximum Gasteiger partial charge on any atom is 0.306 e. The molecule has 120 valence electrons. The average Bonchev–Trinajstić information content (AvgIpc) is 2.44. The predicted octanol–water partition coefficient (Wildman–Crippen LogP) is 4.39. The second-order valence-corrected chi connectivity index (χ2v) is 6.09. The van der Waals surface area contributed by atoms with Gasteiger partial charge in [0.05, 0.1) is 13.0 Å². The molecule has 0 rings (SSSR count). The molecule has 0 heterocycles. The van der Waals surface area contributed by atoms with Gasteiger partial charge in [0.15, 0.2) is 0 Å². The normalized spacial score (nSPS) is 11.2. The number of halogens is 2. The number of hydrogen-bond acceptors (Lipinski definition) is 3. The van der Waals surface area contributed by atoms with Gasteiger partial charge in [-0.05, 0) is 25.7 Å². The Hall–Kier alpha value is -0.100. The zero-order chi connectivity index (χ0) is 15.8. The van der Waals surface area contributed by atoms with Crippen molar-refractivity contribution in [3.05, 3.63) is 0 Å². The van der Waals surface area contributed by atoms with E-state index in [9.17, 15) is 9.59 Å². The number of carbonyl (C=O) groups excluding carboxylic acids is 1. The van der Waals surface area contributed by atoms with Crippen LogP contribution in [-0.2, 0) is 14.3 Å². The first-order chi connectivity index (χ1) is 9.49. The molecular weight excluding hydrogens is 392 g/mol. The summed E-state index contributed by atoms with van der Waals surface area (Å²) in [5, 5.41) is 10.5. The van der Waals surface area contributed by atoms with Crippen molar-refractivity contribution >= 4 is 43.8 Å². The monoisotopic (exact) mass is 416 g/mol. The van der Waals surface area contributed by atoms with Crippen LogP contribution in [-0.4, -0.2) is 34.8 Å². The molecule has 4 nitrogen and oxygen atoms in total. The standard InChI is InChI=1S/2C7H13BrO2/c1-10-7(9)5-3-2-4-6-8;1-6(7(9)10)4-2-3-5-8/h2-6H2,1H3;6H,2-5H2,1H3,(H,9,10). The minimum atomic E-state index is -0.686. The van der Waals surface area contributed by atoms with E-state index in [4.69, 9.17) is 5.11 Å². The van der Waals surface area contributed by atoms with Crippen LogP contribution in [0.25, 0.3) is 0 Å². The van der Waals surface area contributed by atoms with Crippen LogP contribution in [0.4, 0.5) is 0 Å². The lowest BCUT2D eigenvalue weighted by Gasteiger charge is -2.02. The summed E-state index contributed by atoms with van der Waals surface area (Å²) >= 11 is 6.61. The van der Waals surface area contributed by atoms with Gasteiger partial charge in [0.1, 0.15) is 0 Å². The number of esters is 1. The Morgan fingerprint density at radius 1 is 1.05 bits per heavy atom. The van der Waals surface area contributed by atoms with Crippen molar-refractivity contribution in [2.45, 2.75) is 51.9 Å². The van der Waals surface area contributed by atoms with Gasteiger partial charge in [0, 0.05) is 17.1 Å². The van der Waals surface area contributed by atoms with Crippen LogP contribution in [0.15, 0.2) is 0 Å². The van der Waals surface area contributed by atoms with Crippen LogP contribution in [0.2, 0.25) is 0 Å². The van der Waals surface area contributed by atoms with Crippen molar-refractivity contribution in [2.75, 3.05) is 17.8 Å². The summed E-state index contributed by atoms with van der Waals surface area (Å²) in [5.41, 5.74) is 0. The van der Waals surface area contributed by atoms with Crippen LogP contribution in [0.1, 0.15) is 51.9 Å². The topological polar surface area (TPSA) is 63.6 Å². The van der Waals surface area contributed by atoms with Gasteiger partial charge in [0.2, 0.25) is 0 Å². The smallest absolute Gasteiger partial charge is 0.306 e. The molecule has 0 amide bonds. The van der Waals surface area contributed by atoms with Crippen molar-refractivity contribution in [3.8, 4) is 0 Å². The molecule has 0 aliphatic rings. The van der Waals surface area contributed by atoms with Crippen LogP contribution < -0.4 is 0 Å². The lowest BCUT2D eigenvalue weighted by molar-refractivity contribution is -0.142. The highest BCUT2D eigenvalue weighted by Gasteiger charge is 2.08. The Bertz CT molecular complexity index is 245. The number of rotatable bonds is 10. The first-order valence-electron chi connectivity index (χ1n) is 6.91. The second kappa shape index (κ2) is 17.0. The Morgan fingerprint density at radius 3 is 2.05 bits per heavy atom. The van der Waals surface area contributed by atoms with E-state index >= 15 is 0 Å². The third-order valence-corrected chi connectivity index (χ3v) is 3.81. The van der Waals surface area contributed by atoms with Gasteiger partial charge in [-0.1, -0.05) is 51.6 Å². The number of ether oxygens (including phenoxy) is 1. The summed E-state index contributed by atoms with van der Waals surface area (Å²) in [4.78, 5) is 20.8. The molecular formula is C14H26Br2O4. The van der Waals surface area contributed by atoms with E-state index in [0.29, 0.717) is 6.42 Å². The Morgan fingerprint density at radius 2 is 1.60 bits per heavy atom. The lowest BCUT2D eigenvalue weighted by Crippen LogP contribution is -2.08. The quantitative estimate of drug-likeness (QED) is 0.325. The Kier molecular flexibility index (Phi) is 18.8. The van der Waals surface area contributed by atoms with E-state index in [0.717, 1.165) is 49.2 Å². The van der Waals surface area contributed by atoms with Gasteiger partial charge < -0.3 is 9.84 Å². The fourth-order valence-electron chi connectivity index (χ4n) is 1.31. The minimum absolute atomic E-state index is 0.102. The first-order valence-corrected chi connectivity index (χ1v) is 9.15. The maximum absolute atomic E-state index is 10.5. The number of alkyl halides is 2. The van der Waals surface area contributed by atoms with Crippen molar-refractivity contribution in [1.29, 1.82) is 0 Å². The highest BCUT2D eigenvalue weighted by atomic mass is 79.9. The average molecular weight is 418 g/mol. The van der Waals surface area contributed by atoms with Crippen LogP contribution >= 0.6 is 31.9 Å².